The number of hydrogen-bond donors (Lipinski definition) is 3. The van der Waals surface area contributed by atoms with Crippen LogP contribution in [0.3, 0.4) is 0 Å². The van der Waals surface area contributed by atoms with E-state index in [1.165, 1.54) is 89.9 Å². The third-order valence-corrected chi connectivity index (χ3v) is 9.84. The van der Waals surface area contributed by atoms with Crippen LogP contribution in [0.2, 0.25) is 0 Å². The van der Waals surface area contributed by atoms with Crippen LogP contribution < -0.4 is 0 Å². The van der Waals surface area contributed by atoms with Gasteiger partial charge in [-0.1, -0.05) is 130 Å². The second-order valence-electron chi connectivity index (χ2n) is 13.7. The molecule has 270 valence electrons. The molecule has 0 saturated carbocycles. The number of unbranched alkanes of at least 4 members (excludes halogenated alkanes) is 18. The van der Waals surface area contributed by atoms with Crippen molar-refractivity contribution >= 4 is 17.9 Å². The van der Waals surface area contributed by atoms with Gasteiger partial charge in [-0.3, -0.25) is 4.48 Å². The second-order valence-corrected chi connectivity index (χ2v) is 13.7. The van der Waals surface area contributed by atoms with Crippen LogP contribution in [0.4, 0.5) is 0 Å². The van der Waals surface area contributed by atoms with Crippen molar-refractivity contribution in [2.75, 3.05) is 6.54 Å². The minimum atomic E-state index is -1.08. The smallest absolute Gasteiger partial charge is 0.362 e. The lowest BCUT2D eigenvalue weighted by atomic mass is 9.91. The minimum Gasteiger partial charge on any atom is -0.477 e. The molecule has 0 spiro atoms. The Morgan fingerprint density at radius 1 is 0.435 bits per heavy atom. The zero-order chi connectivity index (χ0) is 34.5. The SMILES string of the molecule is CCCCCCCCCCCCC/C=C/CCCCCCCCC[N+](C(CCC)C(=O)O)(C(CCC)C(=O)O)C(CCC)C(=O)O. The van der Waals surface area contributed by atoms with Crippen molar-refractivity contribution in [3.05, 3.63) is 12.2 Å². The summed E-state index contributed by atoms with van der Waals surface area (Å²) in [6.45, 7) is 8.18. The molecule has 3 N–H and O–H groups in total. The summed E-state index contributed by atoms with van der Waals surface area (Å²) in [5.41, 5.74) is 0. The monoisotopic (exact) mass is 653 g/mol. The lowest BCUT2D eigenvalue weighted by Gasteiger charge is -2.50. The summed E-state index contributed by atoms with van der Waals surface area (Å²) in [6, 6.07) is -3.14. The van der Waals surface area contributed by atoms with E-state index in [1.54, 1.807) is 0 Å². The lowest BCUT2D eigenvalue weighted by molar-refractivity contribution is -0.973. The Hall–Kier alpha value is -1.89. The molecule has 0 heterocycles. The largest absolute Gasteiger partial charge is 0.477 e. The summed E-state index contributed by atoms with van der Waals surface area (Å²) in [4.78, 5) is 37.8. The first-order valence-electron chi connectivity index (χ1n) is 19.4. The Kier molecular flexibility index (Phi) is 28.1. The minimum absolute atomic E-state index is 0.268. The second kappa shape index (κ2) is 29.3. The summed E-state index contributed by atoms with van der Waals surface area (Å²) in [5, 5.41) is 30.9. The predicted octanol–water partition coefficient (Wildman–Crippen LogP) is 10.9. The molecule has 0 saturated heterocycles. The molecule has 3 unspecified atom stereocenters. The van der Waals surface area contributed by atoms with Crippen LogP contribution in [0.25, 0.3) is 0 Å². The summed E-state index contributed by atoms with van der Waals surface area (Å²) in [6.07, 6.45) is 31.8. The fourth-order valence-corrected chi connectivity index (χ4v) is 7.34. The van der Waals surface area contributed by atoms with Crippen LogP contribution in [0.5, 0.6) is 0 Å². The maximum absolute atomic E-state index is 12.6. The molecule has 0 aliphatic carbocycles. The number of rotatable bonds is 34. The van der Waals surface area contributed by atoms with E-state index in [2.05, 4.69) is 19.1 Å². The van der Waals surface area contributed by atoms with Gasteiger partial charge in [0.2, 0.25) is 0 Å². The molecule has 0 aromatic carbocycles. The summed E-state index contributed by atoms with van der Waals surface area (Å²) in [7, 11) is 0. The van der Waals surface area contributed by atoms with Crippen molar-refractivity contribution in [2.24, 2.45) is 0 Å². The van der Waals surface area contributed by atoms with Gasteiger partial charge in [0.25, 0.3) is 0 Å². The Morgan fingerprint density at radius 3 is 1.00 bits per heavy atom. The van der Waals surface area contributed by atoms with Crippen molar-refractivity contribution < 1.29 is 34.2 Å². The number of carbonyl (C=O) groups is 3. The fourth-order valence-electron chi connectivity index (χ4n) is 7.34. The molecule has 0 amide bonds. The van der Waals surface area contributed by atoms with Crippen LogP contribution in [-0.2, 0) is 14.4 Å². The van der Waals surface area contributed by atoms with E-state index in [4.69, 9.17) is 0 Å². The molecule has 7 nitrogen and oxygen atoms in total. The Labute approximate surface area is 283 Å². The maximum atomic E-state index is 12.6. The average molecular weight is 653 g/mol. The summed E-state index contributed by atoms with van der Waals surface area (Å²) >= 11 is 0. The molecule has 7 heteroatoms. The van der Waals surface area contributed by atoms with Crippen LogP contribution in [-0.4, -0.2) is 62.4 Å². The zero-order valence-electron chi connectivity index (χ0n) is 30.5. The topological polar surface area (TPSA) is 112 Å². The van der Waals surface area contributed by atoms with Crippen molar-refractivity contribution in [3.63, 3.8) is 0 Å². The first kappa shape index (κ1) is 44.1. The summed E-state index contributed by atoms with van der Waals surface area (Å²) in [5.74, 6) is -3.25. The molecule has 0 aliphatic heterocycles. The third kappa shape index (κ3) is 18.4. The molecule has 0 fully saturated rings. The molecule has 46 heavy (non-hydrogen) atoms. The highest BCUT2D eigenvalue weighted by Gasteiger charge is 2.56. The molecule has 3 atom stereocenters. The van der Waals surface area contributed by atoms with Crippen LogP contribution in [0.1, 0.15) is 195 Å². The number of carboxylic acid groups (broad SMARTS) is 3. The normalized spacial score (nSPS) is 15.0. The highest BCUT2D eigenvalue weighted by molar-refractivity contribution is 5.78. The third-order valence-electron chi connectivity index (χ3n) is 9.84. The zero-order valence-corrected chi connectivity index (χ0v) is 30.5. The van der Waals surface area contributed by atoms with E-state index in [-0.39, 0.29) is 30.3 Å². The van der Waals surface area contributed by atoms with Crippen molar-refractivity contribution in [1.29, 1.82) is 0 Å². The van der Waals surface area contributed by atoms with Gasteiger partial charge in [0, 0.05) is 19.3 Å². The van der Waals surface area contributed by atoms with E-state index in [0.717, 1.165) is 32.1 Å². The fraction of sp³-hybridized carbons (Fsp3) is 0.872. The van der Waals surface area contributed by atoms with E-state index in [0.29, 0.717) is 25.7 Å². The lowest BCUT2D eigenvalue weighted by Crippen LogP contribution is -2.72. The molecule has 0 bridgehead atoms. The van der Waals surface area contributed by atoms with Gasteiger partial charge in [0.05, 0.1) is 6.54 Å². The Balaban J connectivity index is 4.62. The number of aliphatic carboxylic acids is 3. The average Bonchev–Trinajstić information content (AvgIpc) is 3.02. The van der Waals surface area contributed by atoms with E-state index < -0.39 is 36.0 Å². The van der Waals surface area contributed by atoms with Gasteiger partial charge in [-0.25, -0.2) is 14.4 Å². The number of hydrogen-bond acceptors (Lipinski definition) is 3. The highest BCUT2D eigenvalue weighted by atomic mass is 16.4. The number of allylic oxidation sites excluding steroid dienone is 2. The quantitative estimate of drug-likeness (QED) is 0.0362. The van der Waals surface area contributed by atoms with Gasteiger partial charge >= 0.3 is 17.9 Å². The predicted molar refractivity (Wildman–Crippen MR) is 191 cm³/mol. The van der Waals surface area contributed by atoms with E-state index in [9.17, 15) is 29.7 Å². The van der Waals surface area contributed by atoms with Crippen LogP contribution in [0, 0.1) is 0 Å². The molecule has 0 aromatic rings. The molecule has 0 radical (unpaired) electrons. The Bertz CT molecular complexity index is 738. The molecular weight excluding hydrogens is 578 g/mol. The number of nitrogens with zero attached hydrogens (tertiary/aromatic N) is 1. The van der Waals surface area contributed by atoms with Gasteiger partial charge in [-0.2, -0.15) is 0 Å². The molecule has 0 aliphatic rings. The van der Waals surface area contributed by atoms with E-state index >= 15 is 0 Å². The van der Waals surface area contributed by atoms with Gasteiger partial charge in [-0.15, -0.1) is 0 Å². The van der Waals surface area contributed by atoms with Gasteiger partial charge in [-0.05, 0) is 57.8 Å². The Morgan fingerprint density at radius 2 is 0.717 bits per heavy atom. The van der Waals surface area contributed by atoms with Crippen molar-refractivity contribution in [1.82, 2.24) is 0 Å². The number of carboxylic acids is 3. The van der Waals surface area contributed by atoms with Crippen molar-refractivity contribution in [2.45, 2.75) is 213 Å². The molecule has 0 aromatic heterocycles. The first-order valence-corrected chi connectivity index (χ1v) is 19.4. The first-order chi connectivity index (χ1) is 22.2. The van der Waals surface area contributed by atoms with Crippen LogP contribution in [0.15, 0.2) is 12.2 Å². The van der Waals surface area contributed by atoms with Gasteiger partial charge in [0.1, 0.15) is 0 Å². The molecular formula is C39H74NO6+. The van der Waals surface area contributed by atoms with E-state index in [1.807, 2.05) is 20.8 Å². The highest BCUT2D eigenvalue weighted by Crippen LogP contribution is 2.34. The standard InChI is InChI=1S/C39H73NO6/c1-5-9-10-11-12-13-14-15-16-17-18-19-20-21-22-23-24-25-26-27-28-29-33-40(34(30-6-2)37(41)42,35(31-7-3)38(43)44)36(32-8-4)39(45)46/h20-21,34-36H,5-19,22-33H2,1-4H3,(H2-,41,42,43,44,45,46)/p+1/b21-20+. The van der Waals surface area contributed by atoms with Gasteiger partial charge in [0.15, 0.2) is 18.1 Å². The molecule has 0 rings (SSSR count). The van der Waals surface area contributed by atoms with Crippen molar-refractivity contribution in [3.8, 4) is 0 Å². The maximum Gasteiger partial charge on any atom is 0.362 e. The number of quaternary nitrogens is 1. The summed E-state index contributed by atoms with van der Waals surface area (Å²) < 4.78 is -0.374. The van der Waals surface area contributed by atoms with Gasteiger partial charge < -0.3 is 15.3 Å². The van der Waals surface area contributed by atoms with Crippen LogP contribution >= 0.6 is 0 Å².